The molecular weight excluding hydrogens is 302 g/mol. The van der Waals surface area contributed by atoms with E-state index in [2.05, 4.69) is 21.2 Å². The van der Waals surface area contributed by atoms with Crippen molar-refractivity contribution in [1.29, 1.82) is 0 Å². The minimum Gasteiger partial charge on any atom is -0.325 e. The highest BCUT2D eigenvalue weighted by atomic mass is 79.9. The van der Waals surface area contributed by atoms with Gasteiger partial charge in [0.05, 0.1) is 15.4 Å². The highest BCUT2D eigenvalue weighted by Gasteiger charge is 2.15. The molecule has 6 nitrogen and oxygen atoms in total. The quantitative estimate of drug-likeness (QED) is 0.644. The van der Waals surface area contributed by atoms with Crippen LogP contribution in [0.1, 0.15) is 19.8 Å². The highest BCUT2D eigenvalue weighted by molar-refractivity contribution is 9.10. The smallest absolute Gasteiger partial charge is 0.283 e. The number of halogens is 1. The first kappa shape index (κ1) is 14.6. The first-order chi connectivity index (χ1) is 8.45. The molecular formula is C11H14BrN3O3. The number of anilines is 1. The number of nitrogens with two attached hydrogens (primary N) is 1. The number of nitrogens with zero attached hydrogens (tertiary/aromatic N) is 1. The average Bonchev–Trinajstić information content (AvgIpc) is 2.28. The fourth-order valence-corrected chi connectivity index (χ4v) is 1.93. The Labute approximate surface area is 113 Å². The fourth-order valence-electron chi connectivity index (χ4n) is 1.41. The number of nitrogens with one attached hydrogen (secondary N) is 1. The van der Waals surface area contributed by atoms with E-state index in [1.165, 1.54) is 18.2 Å². The predicted molar refractivity (Wildman–Crippen MR) is 72.3 cm³/mol. The van der Waals surface area contributed by atoms with Gasteiger partial charge in [-0.2, -0.15) is 0 Å². The van der Waals surface area contributed by atoms with E-state index in [1.807, 2.05) is 6.92 Å². The number of hydrogen-bond acceptors (Lipinski definition) is 4. The summed E-state index contributed by atoms with van der Waals surface area (Å²) in [5.74, 6) is -0.294. The summed E-state index contributed by atoms with van der Waals surface area (Å²) in [4.78, 5) is 21.8. The molecule has 1 amide bonds. The molecule has 0 aliphatic heterocycles. The van der Waals surface area contributed by atoms with Crippen molar-refractivity contribution >= 4 is 33.2 Å². The predicted octanol–water partition coefficient (Wildman–Crippen LogP) is 2.42. The maximum atomic E-state index is 11.6. The first-order valence-electron chi connectivity index (χ1n) is 5.46. The van der Waals surface area contributed by atoms with Crippen LogP contribution >= 0.6 is 15.9 Å². The van der Waals surface area contributed by atoms with Crippen LogP contribution in [0.15, 0.2) is 22.7 Å². The lowest BCUT2D eigenvalue weighted by Crippen LogP contribution is -2.35. The van der Waals surface area contributed by atoms with Gasteiger partial charge in [0, 0.05) is 11.8 Å². The van der Waals surface area contributed by atoms with Crippen LogP contribution in [-0.4, -0.2) is 16.9 Å². The second-order valence-electron chi connectivity index (χ2n) is 3.81. The molecule has 0 aromatic heterocycles. The Morgan fingerprint density at radius 1 is 1.61 bits per heavy atom. The molecule has 0 heterocycles. The normalized spacial score (nSPS) is 11.9. The van der Waals surface area contributed by atoms with E-state index in [1.54, 1.807) is 0 Å². The highest BCUT2D eigenvalue weighted by Crippen LogP contribution is 2.27. The zero-order valence-corrected chi connectivity index (χ0v) is 11.4. The van der Waals surface area contributed by atoms with E-state index in [-0.39, 0.29) is 11.6 Å². The number of carbonyl (C=O) groups is 1. The summed E-state index contributed by atoms with van der Waals surface area (Å²) in [5, 5.41) is 13.2. The third-order valence-corrected chi connectivity index (χ3v) is 2.98. The number of amides is 1. The largest absolute Gasteiger partial charge is 0.325 e. The number of benzene rings is 1. The van der Waals surface area contributed by atoms with Crippen LogP contribution < -0.4 is 11.1 Å². The minimum atomic E-state index is -0.566. The molecule has 18 heavy (non-hydrogen) atoms. The number of nitro benzene ring substituents is 1. The second-order valence-corrected chi connectivity index (χ2v) is 4.66. The Morgan fingerprint density at radius 2 is 2.28 bits per heavy atom. The van der Waals surface area contributed by atoms with Gasteiger partial charge in [-0.05, 0) is 34.5 Å². The summed E-state index contributed by atoms with van der Waals surface area (Å²) in [7, 11) is 0. The Kier molecular flexibility index (Phi) is 5.24. The summed E-state index contributed by atoms with van der Waals surface area (Å²) in [6.45, 7) is 1.94. The van der Waals surface area contributed by atoms with Crippen LogP contribution in [0.4, 0.5) is 11.4 Å². The zero-order valence-electron chi connectivity index (χ0n) is 9.85. The van der Waals surface area contributed by atoms with Gasteiger partial charge in [0.25, 0.3) is 5.69 Å². The van der Waals surface area contributed by atoms with Gasteiger partial charge in [0.2, 0.25) is 5.91 Å². The molecule has 0 aliphatic carbocycles. The van der Waals surface area contributed by atoms with Gasteiger partial charge in [-0.1, -0.05) is 13.3 Å². The van der Waals surface area contributed by atoms with Gasteiger partial charge in [0.15, 0.2) is 0 Å². The van der Waals surface area contributed by atoms with Crippen molar-refractivity contribution in [3.05, 3.63) is 32.8 Å². The Bertz CT molecular complexity index is 465. The third-order valence-electron chi connectivity index (χ3n) is 2.35. The van der Waals surface area contributed by atoms with Crippen LogP contribution in [0, 0.1) is 10.1 Å². The van der Waals surface area contributed by atoms with E-state index >= 15 is 0 Å². The number of nitro groups is 1. The van der Waals surface area contributed by atoms with Crippen molar-refractivity contribution in [3.63, 3.8) is 0 Å². The molecule has 0 saturated carbocycles. The van der Waals surface area contributed by atoms with Crippen LogP contribution in [0.5, 0.6) is 0 Å². The molecule has 7 heteroatoms. The Morgan fingerprint density at radius 3 is 2.78 bits per heavy atom. The molecule has 1 atom stereocenters. The van der Waals surface area contributed by atoms with Crippen molar-refractivity contribution in [2.24, 2.45) is 5.73 Å². The number of hydrogen-bond donors (Lipinski definition) is 2. The monoisotopic (exact) mass is 315 g/mol. The maximum Gasteiger partial charge on any atom is 0.283 e. The maximum absolute atomic E-state index is 11.6. The van der Waals surface area contributed by atoms with Gasteiger partial charge >= 0.3 is 0 Å². The average molecular weight is 316 g/mol. The molecule has 1 aromatic carbocycles. The van der Waals surface area contributed by atoms with Crippen LogP contribution in [0.2, 0.25) is 0 Å². The fraction of sp³-hybridized carbons (Fsp3) is 0.364. The molecule has 98 valence electrons. The lowest BCUT2D eigenvalue weighted by atomic mass is 10.1. The molecule has 0 fully saturated rings. The van der Waals surface area contributed by atoms with Gasteiger partial charge in [-0.25, -0.2) is 0 Å². The molecule has 1 aromatic rings. The lowest BCUT2D eigenvalue weighted by molar-refractivity contribution is -0.385. The standard InChI is InChI=1S/C11H14BrN3O3/c1-2-3-9(13)11(16)14-7-4-5-10(15(17)18)8(12)6-7/h4-6,9H,2-3,13H2,1H3,(H,14,16)/t9-/m0/s1. The van der Waals surface area contributed by atoms with Gasteiger partial charge < -0.3 is 11.1 Å². The molecule has 0 unspecified atom stereocenters. The summed E-state index contributed by atoms with van der Waals surface area (Å²) in [6, 6.07) is 3.71. The number of rotatable bonds is 5. The molecule has 0 aliphatic rings. The molecule has 0 radical (unpaired) electrons. The Balaban J connectivity index is 2.77. The molecule has 3 N–H and O–H groups in total. The summed E-state index contributed by atoms with van der Waals surface area (Å²) < 4.78 is 0.314. The summed E-state index contributed by atoms with van der Waals surface area (Å²) in [6.07, 6.45) is 1.42. The van der Waals surface area contributed by atoms with Crippen LogP contribution in [0.25, 0.3) is 0 Å². The minimum absolute atomic E-state index is 0.0501. The van der Waals surface area contributed by atoms with Crippen molar-refractivity contribution in [2.75, 3.05) is 5.32 Å². The van der Waals surface area contributed by atoms with Crippen molar-refractivity contribution in [2.45, 2.75) is 25.8 Å². The molecule has 0 bridgehead atoms. The molecule has 0 spiro atoms. The Hall–Kier alpha value is -1.47. The second kappa shape index (κ2) is 6.46. The first-order valence-corrected chi connectivity index (χ1v) is 6.25. The van der Waals surface area contributed by atoms with E-state index in [9.17, 15) is 14.9 Å². The van der Waals surface area contributed by atoms with Gasteiger partial charge in [-0.15, -0.1) is 0 Å². The van der Waals surface area contributed by atoms with Crippen molar-refractivity contribution < 1.29 is 9.72 Å². The van der Waals surface area contributed by atoms with Crippen molar-refractivity contribution in [1.82, 2.24) is 0 Å². The van der Waals surface area contributed by atoms with Crippen LogP contribution in [-0.2, 0) is 4.79 Å². The van der Waals surface area contributed by atoms with E-state index in [4.69, 9.17) is 5.73 Å². The molecule has 0 saturated heterocycles. The SMILES string of the molecule is CCC[C@H](N)C(=O)Nc1ccc([N+](=O)[O-])c(Br)c1. The van der Waals surface area contributed by atoms with E-state index < -0.39 is 11.0 Å². The lowest BCUT2D eigenvalue weighted by Gasteiger charge is -2.11. The van der Waals surface area contributed by atoms with Crippen LogP contribution in [0.3, 0.4) is 0 Å². The summed E-state index contributed by atoms with van der Waals surface area (Å²) >= 11 is 3.08. The topological polar surface area (TPSA) is 98.3 Å². The molecule has 1 rings (SSSR count). The van der Waals surface area contributed by atoms with Gasteiger partial charge in [-0.3, -0.25) is 14.9 Å². The third kappa shape index (κ3) is 3.78. The van der Waals surface area contributed by atoms with Gasteiger partial charge in [0.1, 0.15) is 0 Å². The zero-order chi connectivity index (χ0) is 13.7. The van der Waals surface area contributed by atoms with E-state index in [0.29, 0.717) is 16.6 Å². The summed E-state index contributed by atoms with van der Waals surface area (Å²) in [5.41, 5.74) is 6.09. The van der Waals surface area contributed by atoms with E-state index in [0.717, 1.165) is 6.42 Å². The number of carbonyl (C=O) groups excluding carboxylic acids is 1. The van der Waals surface area contributed by atoms with Crippen molar-refractivity contribution in [3.8, 4) is 0 Å².